The van der Waals surface area contributed by atoms with Crippen molar-refractivity contribution in [2.75, 3.05) is 11.1 Å². The van der Waals surface area contributed by atoms with Gasteiger partial charge in [-0.15, -0.1) is 23.1 Å². The molecule has 1 amide bonds. The van der Waals surface area contributed by atoms with Crippen LogP contribution in [0.5, 0.6) is 0 Å². The number of nitrogens with one attached hydrogen (secondary N) is 1. The van der Waals surface area contributed by atoms with Crippen LogP contribution in [-0.2, 0) is 17.6 Å². The smallest absolute Gasteiger partial charge is 0.225 e. The number of carbonyl (C=O) groups excluding carboxylic acids is 1. The third-order valence-corrected chi connectivity index (χ3v) is 5.91. The van der Waals surface area contributed by atoms with E-state index in [1.165, 1.54) is 11.3 Å². The van der Waals surface area contributed by atoms with Crippen LogP contribution in [0.15, 0.2) is 29.4 Å². The van der Waals surface area contributed by atoms with Crippen molar-refractivity contribution in [3.8, 4) is 6.07 Å². The highest BCUT2D eigenvalue weighted by atomic mass is 32.2. The molecule has 23 heavy (non-hydrogen) atoms. The highest BCUT2D eigenvalue weighted by Crippen LogP contribution is 2.37. The predicted molar refractivity (Wildman–Crippen MR) is 93.9 cm³/mol. The Bertz CT molecular complexity index is 734. The number of aromatic nitrogens is 1. The van der Waals surface area contributed by atoms with Crippen molar-refractivity contribution < 1.29 is 4.79 Å². The maximum atomic E-state index is 12.1. The molecular formula is C17H17N3OS2. The summed E-state index contributed by atoms with van der Waals surface area (Å²) in [7, 11) is 0. The first-order valence-electron chi connectivity index (χ1n) is 7.66. The fourth-order valence-electron chi connectivity index (χ4n) is 2.64. The molecule has 1 aliphatic rings. The van der Waals surface area contributed by atoms with E-state index in [-0.39, 0.29) is 5.91 Å². The van der Waals surface area contributed by atoms with Crippen LogP contribution >= 0.6 is 23.1 Å². The van der Waals surface area contributed by atoms with Gasteiger partial charge in [-0.1, -0.05) is 6.07 Å². The van der Waals surface area contributed by atoms with Crippen molar-refractivity contribution in [2.24, 2.45) is 0 Å². The van der Waals surface area contributed by atoms with E-state index < -0.39 is 0 Å². The van der Waals surface area contributed by atoms with Gasteiger partial charge in [-0.2, -0.15) is 5.26 Å². The molecule has 118 valence electrons. The number of amides is 1. The molecule has 6 heteroatoms. The molecule has 0 aromatic carbocycles. The molecule has 0 spiro atoms. The zero-order valence-electron chi connectivity index (χ0n) is 12.7. The lowest BCUT2D eigenvalue weighted by molar-refractivity contribution is -0.115. The van der Waals surface area contributed by atoms with Crippen LogP contribution in [-0.4, -0.2) is 16.6 Å². The average Bonchev–Trinajstić information content (AvgIpc) is 2.92. The minimum Gasteiger partial charge on any atom is -0.317 e. The van der Waals surface area contributed by atoms with Gasteiger partial charge >= 0.3 is 0 Å². The molecule has 0 aliphatic heterocycles. The average molecular weight is 343 g/mol. The van der Waals surface area contributed by atoms with Crippen LogP contribution in [0.4, 0.5) is 5.00 Å². The second-order valence-corrected chi connectivity index (χ2v) is 7.56. The zero-order valence-corrected chi connectivity index (χ0v) is 14.3. The van der Waals surface area contributed by atoms with Crippen molar-refractivity contribution in [3.05, 3.63) is 40.4 Å². The summed E-state index contributed by atoms with van der Waals surface area (Å²) in [5.41, 5.74) is 1.83. The van der Waals surface area contributed by atoms with E-state index >= 15 is 0 Å². The number of rotatable bonds is 5. The third kappa shape index (κ3) is 3.92. The van der Waals surface area contributed by atoms with Gasteiger partial charge in [0, 0.05) is 23.2 Å². The van der Waals surface area contributed by atoms with Gasteiger partial charge in [-0.05, 0) is 43.4 Å². The Hall–Kier alpha value is -1.84. The molecule has 0 unspecified atom stereocenters. The Morgan fingerprint density at radius 3 is 3.04 bits per heavy atom. The van der Waals surface area contributed by atoms with Crippen LogP contribution in [0.1, 0.15) is 35.3 Å². The highest BCUT2D eigenvalue weighted by molar-refractivity contribution is 7.99. The molecule has 4 nitrogen and oxygen atoms in total. The first kappa shape index (κ1) is 16.0. The Labute approximate surface area is 143 Å². The predicted octanol–water partition coefficient (Wildman–Crippen LogP) is 4.01. The first-order chi connectivity index (χ1) is 11.3. The monoisotopic (exact) mass is 343 g/mol. The Morgan fingerprint density at radius 1 is 1.39 bits per heavy atom. The second kappa shape index (κ2) is 7.62. The summed E-state index contributed by atoms with van der Waals surface area (Å²) in [5, 5.41) is 14.0. The number of aryl methyl sites for hydroxylation is 1. The molecule has 0 radical (unpaired) electrons. The first-order valence-corrected chi connectivity index (χ1v) is 9.46. The molecular weight excluding hydrogens is 326 g/mol. The van der Waals surface area contributed by atoms with Crippen LogP contribution < -0.4 is 5.32 Å². The minimum atomic E-state index is -0.0384. The summed E-state index contributed by atoms with van der Waals surface area (Å²) in [4.78, 5) is 17.6. The maximum absolute atomic E-state index is 12.1. The fourth-order valence-corrected chi connectivity index (χ4v) is 4.70. The molecule has 0 fully saturated rings. The second-order valence-electron chi connectivity index (χ2n) is 5.34. The fraction of sp³-hybridized carbons (Fsp3) is 0.353. The van der Waals surface area contributed by atoms with Gasteiger partial charge < -0.3 is 5.32 Å². The van der Waals surface area contributed by atoms with E-state index in [1.807, 2.05) is 18.2 Å². The van der Waals surface area contributed by atoms with Crippen molar-refractivity contribution >= 4 is 34.0 Å². The molecule has 2 aromatic rings. The number of nitrogens with zero attached hydrogens (tertiary/aromatic N) is 2. The SMILES string of the molecule is N#Cc1c(NC(=O)CCSc2ccccn2)sc2c1CCCC2. The summed E-state index contributed by atoms with van der Waals surface area (Å²) >= 11 is 3.13. The van der Waals surface area contributed by atoms with Gasteiger partial charge in [0.25, 0.3) is 0 Å². The number of hydrogen-bond acceptors (Lipinski definition) is 5. The maximum Gasteiger partial charge on any atom is 0.225 e. The largest absolute Gasteiger partial charge is 0.317 e. The number of hydrogen-bond donors (Lipinski definition) is 1. The lowest BCUT2D eigenvalue weighted by Crippen LogP contribution is -2.12. The van der Waals surface area contributed by atoms with Crippen molar-refractivity contribution in [1.82, 2.24) is 4.98 Å². The third-order valence-electron chi connectivity index (χ3n) is 3.75. The number of anilines is 1. The van der Waals surface area contributed by atoms with E-state index in [0.717, 1.165) is 34.9 Å². The molecule has 1 N–H and O–H groups in total. The molecule has 3 rings (SSSR count). The molecule has 2 aromatic heterocycles. The summed E-state index contributed by atoms with van der Waals surface area (Å²) < 4.78 is 0. The van der Waals surface area contributed by atoms with E-state index in [9.17, 15) is 10.1 Å². The van der Waals surface area contributed by atoms with Crippen molar-refractivity contribution in [3.63, 3.8) is 0 Å². The number of carbonyl (C=O) groups is 1. The Kier molecular flexibility index (Phi) is 5.31. The Morgan fingerprint density at radius 2 is 2.26 bits per heavy atom. The molecule has 1 aliphatic carbocycles. The molecule has 0 saturated carbocycles. The number of thiophene rings is 1. The van der Waals surface area contributed by atoms with E-state index in [2.05, 4.69) is 16.4 Å². The van der Waals surface area contributed by atoms with E-state index in [0.29, 0.717) is 17.7 Å². The number of pyridine rings is 1. The zero-order chi connectivity index (χ0) is 16.1. The highest BCUT2D eigenvalue weighted by Gasteiger charge is 2.21. The topological polar surface area (TPSA) is 65.8 Å². The lowest BCUT2D eigenvalue weighted by Gasteiger charge is -2.09. The molecule has 0 atom stereocenters. The quantitative estimate of drug-likeness (QED) is 0.833. The molecule has 0 saturated heterocycles. The van der Waals surface area contributed by atoms with Gasteiger partial charge in [0.15, 0.2) is 0 Å². The van der Waals surface area contributed by atoms with Gasteiger partial charge in [0.05, 0.1) is 10.6 Å². The summed E-state index contributed by atoms with van der Waals surface area (Å²) in [6.07, 6.45) is 6.45. The van der Waals surface area contributed by atoms with Crippen molar-refractivity contribution in [1.29, 1.82) is 5.26 Å². The molecule has 2 heterocycles. The standard InChI is InChI=1S/C17H17N3OS2/c18-11-13-12-5-1-2-6-14(12)23-17(13)20-15(21)8-10-22-16-7-3-4-9-19-16/h3-4,7,9H,1-2,5-6,8,10H2,(H,20,21). The number of thioether (sulfide) groups is 1. The van der Waals surface area contributed by atoms with Crippen molar-refractivity contribution in [2.45, 2.75) is 37.1 Å². The normalized spacial score (nSPS) is 13.2. The number of fused-ring (bicyclic) bond motifs is 1. The van der Waals surface area contributed by atoms with Gasteiger partial charge in [-0.25, -0.2) is 4.98 Å². The number of nitriles is 1. The van der Waals surface area contributed by atoms with E-state index in [1.54, 1.807) is 29.3 Å². The Balaban J connectivity index is 1.58. The summed E-state index contributed by atoms with van der Waals surface area (Å²) in [6, 6.07) is 8.01. The van der Waals surface area contributed by atoms with Crippen LogP contribution in [0.2, 0.25) is 0 Å². The van der Waals surface area contributed by atoms with Gasteiger partial charge in [0.1, 0.15) is 11.1 Å². The summed E-state index contributed by atoms with van der Waals surface area (Å²) in [5.74, 6) is 0.638. The summed E-state index contributed by atoms with van der Waals surface area (Å²) in [6.45, 7) is 0. The van der Waals surface area contributed by atoms with E-state index in [4.69, 9.17) is 0 Å². The molecule has 0 bridgehead atoms. The minimum absolute atomic E-state index is 0.0384. The van der Waals surface area contributed by atoms with Crippen LogP contribution in [0.25, 0.3) is 0 Å². The van der Waals surface area contributed by atoms with Gasteiger partial charge in [-0.3, -0.25) is 4.79 Å². The lowest BCUT2D eigenvalue weighted by atomic mass is 9.96. The van der Waals surface area contributed by atoms with Crippen LogP contribution in [0.3, 0.4) is 0 Å². The van der Waals surface area contributed by atoms with Gasteiger partial charge in [0.2, 0.25) is 5.91 Å². The van der Waals surface area contributed by atoms with Crippen LogP contribution in [0, 0.1) is 11.3 Å².